The molecule has 2 aliphatic carbocycles. The number of rotatable bonds is 15. The molecule has 0 radical (unpaired) electrons. The molecule has 8 rings (SSSR count). The fourth-order valence-electron chi connectivity index (χ4n) is 7.76. The Bertz CT molecular complexity index is 2780. The summed E-state index contributed by atoms with van der Waals surface area (Å²) in [5, 5.41) is 17.2. The van der Waals surface area contributed by atoms with E-state index in [1.807, 2.05) is 0 Å². The molecule has 2 unspecified atom stereocenters. The fourth-order valence-corrected chi connectivity index (χ4v) is 7.76. The smallest absolute Gasteiger partial charge is 0.870 e. The van der Waals surface area contributed by atoms with Crippen LogP contribution in [0.1, 0.15) is 88.3 Å². The van der Waals surface area contributed by atoms with Crippen molar-refractivity contribution >= 4 is 70.1 Å². The van der Waals surface area contributed by atoms with E-state index in [4.69, 9.17) is 46.6 Å². The third-order valence-electron chi connectivity index (χ3n) is 11.1. The number of nitrogens with zero attached hydrogens (tertiary/aromatic N) is 2. The summed E-state index contributed by atoms with van der Waals surface area (Å²) < 4.78 is 85.6. The Morgan fingerprint density at radius 2 is 1.00 bits per heavy atom. The number of benzene rings is 4. The molecule has 0 spiro atoms. The Morgan fingerprint density at radius 3 is 1.38 bits per heavy atom. The molecule has 386 valence electrons. The van der Waals surface area contributed by atoms with E-state index in [2.05, 4.69) is 21.5 Å². The van der Waals surface area contributed by atoms with Crippen LogP contribution in [0.4, 0.5) is 21.0 Å². The number of carbonyl (C=O) groups is 10. The zero-order valence-electron chi connectivity index (χ0n) is 50.9. The first-order chi connectivity index (χ1) is 39.7. The number of esters is 1. The van der Waals surface area contributed by atoms with Crippen LogP contribution in [-0.4, -0.2) is 152 Å². The molecule has 0 bridgehead atoms. The molecule has 2 heterocycles. The number of ether oxygens (including phenoxy) is 5. The van der Waals surface area contributed by atoms with Gasteiger partial charge in [-0.25, -0.2) is 29.2 Å². The quantitative estimate of drug-likeness (QED) is 0.0491. The molecule has 4 aromatic carbocycles. The van der Waals surface area contributed by atoms with Crippen LogP contribution in [0.5, 0.6) is 11.5 Å². The molecule has 23 nitrogen and oxygen atoms in total. The molecule has 2 aliphatic heterocycles. The van der Waals surface area contributed by atoms with Gasteiger partial charge in [0.2, 0.25) is 0 Å². The Balaban J connectivity index is -0.00000131. The molecule has 2 saturated heterocycles. The molecule has 0 aromatic heterocycles. The van der Waals surface area contributed by atoms with Crippen LogP contribution < -0.4 is 60.5 Å². The first-order valence-corrected chi connectivity index (χ1v) is 21.9. The normalized spacial score (nSPS) is 17.7. The van der Waals surface area contributed by atoms with Crippen LogP contribution in [0.25, 0.3) is 0 Å². The number of carbonyl (C=O) groups excluding carboxylic acids is 9. The molecule has 4 aliphatic rings. The van der Waals surface area contributed by atoms with Crippen LogP contribution in [0.2, 0.25) is 0 Å². The van der Waals surface area contributed by atoms with Gasteiger partial charge in [0.1, 0.15) is 23.3 Å². The zero-order chi connectivity index (χ0) is 61.9. The Labute approximate surface area is 452 Å². The third kappa shape index (κ3) is 13.4. The van der Waals surface area contributed by atoms with Gasteiger partial charge >= 0.3 is 53.6 Å². The molecule has 4 amide bonds. The number of Topliss-reactive ketones (excluding diaryl/α,β-unsaturated/α-hetero) is 6. The number of hydrogen-bond acceptors (Lipinski definition) is 18. The van der Waals surface area contributed by atoms with E-state index in [1.165, 1.54) is 84.9 Å². The van der Waals surface area contributed by atoms with Gasteiger partial charge in [0.15, 0.2) is 47.9 Å². The number of urea groups is 2. The zero-order valence-corrected chi connectivity index (χ0v) is 40.9. The summed E-state index contributed by atoms with van der Waals surface area (Å²) in [6, 6.07) is 19.1. The number of carboxylic acids is 1. The van der Waals surface area contributed by atoms with Crippen LogP contribution in [-0.2, 0) is 23.8 Å². The van der Waals surface area contributed by atoms with Crippen molar-refractivity contribution in [3.63, 3.8) is 0 Å². The number of aliphatic carboxylic acids is 1. The van der Waals surface area contributed by atoms with Gasteiger partial charge in [0, 0.05) is 67.7 Å². The average molecular weight is 1030 g/mol. The van der Waals surface area contributed by atoms with Gasteiger partial charge in [-0.2, -0.15) is 0 Å². The second kappa shape index (κ2) is 25.8. The monoisotopic (exact) mass is 1030 g/mol. The Hall–Kier alpha value is -7.22. The molecule has 2 atom stereocenters. The van der Waals surface area contributed by atoms with E-state index in [0.717, 1.165) is 0 Å². The van der Waals surface area contributed by atoms with Crippen LogP contribution >= 0.6 is 0 Å². The first kappa shape index (κ1) is 47.1. The van der Waals surface area contributed by atoms with Crippen molar-refractivity contribution in [3.05, 3.63) is 118 Å². The summed E-state index contributed by atoms with van der Waals surface area (Å²) in [5.74, 6) is -8.24. The molecular weight excluding hydrogens is 956 g/mol. The van der Waals surface area contributed by atoms with E-state index in [-0.39, 0.29) is 100 Å². The van der Waals surface area contributed by atoms with Crippen LogP contribution in [0, 0.1) is 11.8 Å². The summed E-state index contributed by atoms with van der Waals surface area (Å²) in [6.07, 6.45) is 0. The molecule has 24 heteroatoms. The van der Waals surface area contributed by atoms with Gasteiger partial charge < -0.3 is 44.9 Å². The molecule has 72 heavy (non-hydrogen) atoms. The van der Waals surface area contributed by atoms with E-state index in [1.54, 1.807) is 16.9 Å². The SMILES string of the molecule is CCOC(=O)COc1ccc(C(=O)C2C(=O)c3cccc(NC(=O)NN4CCOCC4)c3C2=O)cc1.O=C(O)COc1ccc(C(=O)C2C(=O)c3cccc(NC(=O)NN4CCOCC4)c3C2=O)cc1.[2HH].[2H][2H].[2H][2H].[2H][2H].[2H][2H].[2H][2H].[2H][2H].[Na+].[OH-]. The second-order valence-corrected chi connectivity index (χ2v) is 15.7. The minimum atomic E-state index is -1.56. The maximum absolute atomic E-state index is 13.2. The standard InChI is InChI=1S/C25H25N3O8.C23H21N3O8.Na.H2O.7H2/c1-2-35-19(29)14-36-16-8-6-15(7-9-16)22(30)21-23(31)17-4-3-5-18(20(17)24(21)32)26-25(33)27-28-10-12-34-13-11-28;27-17(28)12-34-14-6-4-13(5-7-14)20(29)19-21(30)15-2-1-3-16(18(15)22(19)31)24-23(32)25-26-8-10-33-11-9-26;;;;;;;;;/h3-9,21H,2,10-14H2,1H3,(H2,26,27,33);1-7,19H,8-12H2,(H,27,28)(H2,24,25,32);;1H2;7*1H/q;;+1;;;;;;;;/p-1/i;;;;6*1+1D;1+1. The van der Waals surface area contributed by atoms with Gasteiger partial charge in [-0.3, -0.25) is 39.6 Å². The summed E-state index contributed by atoms with van der Waals surface area (Å²) >= 11 is 0. The number of hydrogen-bond donors (Lipinski definition) is 5. The van der Waals surface area contributed by atoms with Gasteiger partial charge in [0.25, 0.3) is 0 Å². The summed E-state index contributed by atoms with van der Waals surface area (Å²) in [5.41, 5.74) is 5.99. The topological polar surface area (TPSA) is 322 Å². The van der Waals surface area contributed by atoms with E-state index >= 15 is 0 Å². The summed E-state index contributed by atoms with van der Waals surface area (Å²) in [7, 11) is 0. The average Bonchev–Trinajstić information content (AvgIpc) is 2.57. The molecule has 2 fully saturated rings. The predicted octanol–water partition coefficient (Wildman–Crippen LogP) is 1.82. The maximum Gasteiger partial charge on any atom is 1.00 e. The summed E-state index contributed by atoms with van der Waals surface area (Å²) in [4.78, 5) is 125. The van der Waals surface area contributed by atoms with Crippen molar-refractivity contribution < 1.29 is 131 Å². The number of nitrogens with one attached hydrogen (secondary N) is 4. The Morgan fingerprint density at radius 1 is 0.611 bits per heavy atom. The number of anilines is 2. The number of carboxylic acid groups (broad SMARTS) is 1. The second-order valence-electron chi connectivity index (χ2n) is 15.7. The van der Waals surface area contributed by atoms with Crippen LogP contribution in [0.3, 0.4) is 0 Å². The molecule has 4 aromatic rings. The van der Waals surface area contributed by atoms with Gasteiger partial charge in [-0.1, -0.05) is 24.3 Å². The van der Waals surface area contributed by atoms with Gasteiger partial charge in [0.05, 0.1) is 55.5 Å². The van der Waals surface area contributed by atoms with Gasteiger partial charge in [-0.05, 0) is 67.6 Å². The van der Waals surface area contributed by atoms with Crippen molar-refractivity contribution in [3.8, 4) is 11.5 Å². The van der Waals surface area contributed by atoms with Crippen molar-refractivity contribution in [1.29, 1.82) is 0 Å². The first-order valence-electron chi connectivity index (χ1n) is 27.9. The maximum atomic E-state index is 13.2. The van der Waals surface area contributed by atoms with Crippen molar-refractivity contribution in [2.24, 2.45) is 11.8 Å². The molecule has 0 saturated carbocycles. The van der Waals surface area contributed by atoms with Crippen LogP contribution in [0.15, 0.2) is 84.9 Å². The minimum Gasteiger partial charge on any atom is -0.870 e. The number of amides is 4. The third-order valence-corrected chi connectivity index (χ3v) is 11.1. The molecular formula is C48H61N6NaO17. The number of hydrazine groups is 2. The van der Waals surface area contributed by atoms with E-state index in [0.29, 0.717) is 58.4 Å². The van der Waals surface area contributed by atoms with Crippen molar-refractivity contribution in [2.45, 2.75) is 6.92 Å². The van der Waals surface area contributed by atoms with Crippen molar-refractivity contribution in [2.75, 3.05) is 83.1 Å². The minimum absolute atomic E-state index is 0. The molecule has 6 N–H and O–H groups in total. The van der Waals surface area contributed by atoms with E-state index < -0.39 is 77.1 Å². The summed E-state index contributed by atoms with van der Waals surface area (Å²) in [6.45, 7) is 5.05. The largest absolute Gasteiger partial charge is 1.00 e. The predicted molar refractivity (Wildman–Crippen MR) is 260 cm³/mol. The number of ketones is 6. The van der Waals surface area contributed by atoms with Gasteiger partial charge in [-0.15, -0.1) is 0 Å². The number of fused-ring (bicyclic) bond motifs is 2. The number of morpholine rings is 2. The van der Waals surface area contributed by atoms with E-state index in [9.17, 15) is 47.9 Å². The fraction of sp³-hybridized carbons (Fsp3) is 0.292. The van der Waals surface area contributed by atoms with Crippen molar-refractivity contribution in [1.82, 2.24) is 20.9 Å². The Kier molecular flexibility index (Phi) is 16.9.